The van der Waals surface area contributed by atoms with Gasteiger partial charge in [-0.1, -0.05) is 13.8 Å². The van der Waals surface area contributed by atoms with E-state index in [-0.39, 0.29) is 0 Å². The predicted molar refractivity (Wildman–Crippen MR) is 67.8 cm³/mol. The van der Waals surface area contributed by atoms with Crippen LogP contribution in [0, 0.1) is 29.6 Å². The van der Waals surface area contributed by atoms with E-state index < -0.39 is 0 Å². The Bertz CT molecular complexity index is 295. The zero-order valence-corrected chi connectivity index (χ0v) is 10.6. The standard InChI is InChI=1S/C14H24N2/c1-9(2)14-11-4-3-5-16-13(11)6-10-7-15-8-12(10)14/h9-12,14-15H,3-8H2,1-2H3/t10-,11?,12-,14?/m1/s1. The Kier molecular flexibility index (Phi) is 2.78. The highest BCUT2D eigenvalue weighted by Gasteiger charge is 2.45. The van der Waals surface area contributed by atoms with Crippen LogP contribution in [0.25, 0.3) is 0 Å². The number of nitrogens with zero attached hydrogens (tertiary/aromatic N) is 1. The Morgan fingerprint density at radius 1 is 1.31 bits per heavy atom. The summed E-state index contributed by atoms with van der Waals surface area (Å²) in [6.07, 6.45) is 4.03. The average molecular weight is 220 g/mol. The van der Waals surface area contributed by atoms with Gasteiger partial charge in [0.25, 0.3) is 0 Å². The van der Waals surface area contributed by atoms with E-state index >= 15 is 0 Å². The summed E-state index contributed by atoms with van der Waals surface area (Å²) in [4.78, 5) is 4.83. The molecule has 2 nitrogen and oxygen atoms in total. The van der Waals surface area contributed by atoms with Crippen LogP contribution < -0.4 is 5.32 Å². The van der Waals surface area contributed by atoms with Gasteiger partial charge in [0.05, 0.1) is 0 Å². The van der Waals surface area contributed by atoms with E-state index in [1.807, 2.05) is 0 Å². The van der Waals surface area contributed by atoms with Crippen molar-refractivity contribution in [3.05, 3.63) is 0 Å². The molecule has 2 heterocycles. The van der Waals surface area contributed by atoms with Crippen molar-refractivity contribution < 1.29 is 0 Å². The van der Waals surface area contributed by atoms with E-state index in [1.54, 1.807) is 5.71 Å². The smallest absolute Gasteiger partial charge is 0.0389 e. The lowest BCUT2D eigenvalue weighted by atomic mass is 9.61. The maximum absolute atomic E-state index is 4.83. The van der Waals surface area contributed by atoms with E-state index in [4.69, 9.17) is 4.99 Å². The van der Waals surface area contributed by atoms with Crippen LogP contribution >= 0.6 is 0 Å². The third kappa shape index (κ3) is 1.62. The fraction of sp³-hybridized carbons (Fsp3) is 0.929. The molecule has 0 aromatic rings. The van der Waals surface area contributed by atoms with Crippen molar-refractivity contribution in [3.63, 3.8) is 0 Å². The fourth-order valence-corrected chi connectivity index (χ4v) is 4.40. The molecular formula is C14H24N2. The minimum absolute atomic E-state index is 0.820. The van der Waals surface area contributed by atoms with Gasteiger partial charge in [0.1, 0.15) is 0 Å². The normalized spacial score (nSPS) is 42.8. The molecule has 0 radical (unpaired) electrons. The zero-order chi connectivity index (χ0) is 11.1. The third-order valence-electron chi connectivity index (χ3n) is 5.01. The minimum Gasteiger partial charge on any atom is -0.316 e. The van der Waals surface area contributed by atoms with Crippen LogP contribution in [0.1, 0.15) is 33.1 Å². The largest absolute Gasteiger partial charge is 0.316 e. The molecule has 0 bridgehead atoms. The van der Waals surface area contributed by atoms with Gasteiger partial charge in [0.15, 0.2) is 0 Å². The first-order valence-corrected chi connectivity index (χ1v) is 7.01. The minimum atomic E-state index is 0.820. The fourth-order valence-electron chi connectivity index (χ4n) is 4.40. The highest BCUT2D eigenvalue weighted by Crippen LogP contribution is 2.45. The first-order chi connectivity index (χ1) is 7.77. The molecule has 2 unspecified atom stereocenters. The van der Waals surface area contributed by atoms with E-state index in [0.717, 1.165) is 36.1 Å². The van der Waals surface area contributed by atoms with Gasteiger partial charge in [-0.3, -0.25) is 4.99 Å². The molecule has 3 rings (SSSR count). The molecule has 0 aromatic carbocycles. The highest BCUT2D eigenvalue weighted by atomic mass is 14.9. The van der Waals surface area contributed by atoms with Crippen LogP contribution in [0.5, 0.6) is 0 Å². The molecule has 16 heavy (non-hydrogen) atoms. The SMILES string of the molecule is CC(C)C1C2CCCN=C2C[C@@H]2CNC[C@@H]12. The van der Waals surface area contributed by atoms with Crippen LogP contribution in [-0.2, 0) is 0 Å². The maximum Gasteiger partial charge on any atom is 0.0389 e. The Hall–Kier alpha value is -0.370. The average Bonchev–Trinajstić information content (AvgIpc) is 2.72. The van der Waals surface area contributed by atoms with Crippen LogP contribution in [0.4, 0.5) is 0 Å². The van der Waals surface area contributed by atoms with Gasteiger partial charge < -0.3 is 5.32 Å². The second kappa shape index (κ2) is 4.14. The quantitative estimate of drug-likeness (QED) is 0.721. The molecule has 90 valence electrons. The summed E-state index contributed by atoms with van der Waals surface area (Å²) in [6, 6.07) is 0. The molecule has 2 aliphatic heterocycles. The number of nitrogens with one attached hydrogen (secondary N) is 1. The summed E-state index contributed by atoms with van der Waals surface area (Å²) in [7, 11) is 0. The van der Waals surface area contributed by atoms with Crippen LogP contribution in [-0.4, -0.2) is 25.3 Å². The molecule has 4 atom stereocenters. The van der Waals surface area contributed by atoms with Crippen molar-refractivity contribution in [2.75, 3.05) is 19.6 Å². The summed E-state index contributed by atoms with van der Waals surface area (Å²) in [5.74, 6) is 4.37. The zero-order valence-electron chi connectivity index (χ0n) is 10.6. The monoisotopic (exact) mass is 220 g/mol. The van der Waals surface area contributed by atoms with Crippen LogP contribution in [0.2, 0.25) is 0 Å². The van der Waals surface area contributed by atoms with Gasteiger partial charge in [0, 0.05) is 18.2 Å². The van der Waals surface area contributed by atoms with Gasteiger partial charge in [-0.05, 0) is 56.0 Å². The van der Waals surface area contributed by atoms with Crippen molar-refractivity contribution >= 4 is 5.71 Å². The van der Waals surface area contributed by atoms with Crippen molar-refractivity contribution in [1.82, 2.24) is 5.32 Å². The highest BCUT2D eigenvalue weighted by molar-refractivity contribution is 5.88. The Morgan fingerprint density at radius 3 is 3.00 bits per heavy atom. The molecule has 0 spiro atoms. The summed E-state index contributed by atoms with van der Waals surface area (Å²) < 4.78 is 0. The van der Waals surface area contributed by atoms with Crippen molar-refractivity contribution in [2.45, 2.75) is 33.1 Å². The maximum atomic E-state index is 4.83. The van der Waals surface area contributed by atoms with Crippen molar-refractivity contribution in [1.29, 1.82) is 0 Å². The number of hydrogen-bond donors (Lipinski definition) is 1. The first-order valence-electron chi connectivity index (χ1n) is 7.01. The summed E-state index contributed by atoms with van der Waals surface area (Å²) in [5, 5.41) is 3.60. The lowest BCUT2D eigenvalue weighted by Crippen LogP contribution is -2.44. The Balaban J connectivity index is 1.91. The molecule has 1 N–H and O–H groups in total. The van der Waals surface area contributed by atoms with Crippen molar-refractivity contribution in [3.8, 4) is 0 Å². The van der Waals surface area contributed by atoms with Crippen LogP contribution in [0.3, 0.4) is 0 Å². The van der Waals surface area contributed by atoms with E-state index in [9.17, 15) is 0 Å². The third-order valence-corrected chi connectivity index (χ3v) is 5.01. The second-order valence-corrected chi connectivity index (χ2v) is 6.23. The Morgan fingerprint density at radius 2 is 2.19 bits per heavy atom. The Labute approximate surface area is 98.9 Å². The van der Waals surface area contributed by atoms with E-state index in [2.05, 4.69) is 19.2 Å². The number of hydrogen-bond acceptors (Lipinski definition) is 2. The molecule has 1 saturated heterocycles. The summed E-state index contributed by atoms with van der Waals surface area (Å²) in [5.41, 5.74) is 1.58. The van der Waals surface area contributed by atoms with Crippen LogP contribution in [0.15, 0.2) is 4.99 Å². The molecular weight excluding hydrogens is 196 g/mol. The van der Waals surface area contributed by atoms with Crippen molar-refractivity contribution in [2.24, 2.45) is 34.6 Å². The van der Waals surface area contributed by atoms with Gasteiger partial charge in [-0.2, -0.15) is 0 Å². The molecule has 2 fully saturated rings. The lowest BCUT2D eigenvalue weighted by Gasteiger charge is -2.44. The van der Waals surface area contributed by atoms with Gasteiger partial charge >= 0.3 is 0 Å². The predicted octanol–water partition coefficient (Wildman–Crippen LogP) is 2.35. The topological polar surface area (TPSA) is 24.4 Å². The number of rotatable bonds is 1. The molecule has 0 aromatic heterocycles. The molecule has 2 heteroatoms. The molecule has 1 saturated carbocycles. The molecule has 0 amide bonds. The van der Waals surface area contributed by atoms with E-state index in [1.165, 1.54) is 32.4 Å². The lowest BCUT2D eigenvalue weighted by molar-refractivity contribution is 0.145. The molecule has 1 aliphatic carbocycles. The van der Waals surface area contributed by atoms with Gasteiger partial charge in [-0.25, -0.2) is 0 Å². The summed E-state index contributed by atoms with van der Waals surface area (Å²) in [6.45, 7) is 8.42. The first kappa shape index (κ1) is 10.8. The number of fused-ring (bicyclic) bond motifs is 2. The molecule has 3 aliphatic rings. The number of aliphatic imine (C=N–C) groups is 1. The van der Waals surface area contributed by atoms with E-state index in [0.29, 0.717) is 0 Å². The summed E-state index contributed by atoms with van der Waals surface area (Å²) >= 11 is 0. The van der Waals surface area contributed by atoms with Gasteiger partial charge in [-0.15, -0.1) is 0 Å². The second-order valence-electron chi connectivity index (χ2n) is 6.23. The van der Waals surface area contributed by atoms with Gasteiger partial charge in [0.2, 0.25) is 0 Å².